The number of hydrogen-bond acceptors (Lipinski definition) is 6. The highest BCUT2D eigenvalue weighted by Gasteiger charge is 2.22. The molecule has 0 unspecified atom stereocenters. The molecule has 4 rings (SSSR count). The van der Waals surface area contributed by atoms with E-state index in [1.165, 1.54) is 0 Å². The van der Waals surface area contributed by atoms with Crippen molar-refractivity contribution in [3.63, 3.8) is 0 Å². The molecule has 25 heavy (non-hydrogen) atoms. The zero-order chi connectivity index (χ0) is 17.2. The highest BCUT2D eigenvalue weighted by atomic mass is 15.3. The summed E-state index contributed by atoms with van der Waals surface area (Å²) in [5.74, 6) is 0.965. The number of fused-ring (bicyclic) bond motifs is 1. The van der Waals surface area contributed by atoms with E-state index in [2.05, 4.69) is 30.8 Å². The van der Waals surface area contributed by atoms with E-state index in [1.54, 1.807) is 12.5 Å². The molecular formula is C19H18N6. The Kier molecular flexibility index (Phi) is 3.90. The topological polar surface area (TPSA) is 68.9 Å². The molecule has 6 heteroatoms. The predicted molar refractivity (Wildman–Crippen MR) is 97.7 cm³/mol. The van der Waals surface area contributed by atoms with Crippen LogP contribution in [0.4, 0.5) is 11.5 Å². The van der Waals surface area contributed by atoms with Gasteiger partial charge in [0, 0.05) is 49.5 Å². The van der Waals surface area contributed by atoms with E-state index >= 15 is 0 Å². The van der Waals surface area contributed by atoms with Crippen LogP contribution >= 0.6 is 0 Å². The number of pyridine rings is 1. The lowest BCUT2D eigenvalue weighted by atomic mass is 10.1. The standard InChI is InChI=1S/C19H18N6/c1-14-10-18(23-13-22-14)24-6-8-25(9-7-24)19-15(11-20)12-21-17-5-3-2-4-16(17)19/h2-5,10,12-13H,6-9H2,1H3. The Balaban J connectivity index is 1.63. The number of nitrogens with zero attached hydrogens (tertiary/aromatic N) is 6. The molecule has 2 aromatic heterocycles. The quantitative estimate of drug-likeness (QED) is 0.719. The first-order chi connectivity index (χ1) is 12.3. The van der Waals surface area contributed by atoms with Crippen LogP contribution < -0.4 is 9.80 Å². The summed E-state index contributed by atoms with van der Waals surface area (Å²) in [4.78, 5) is 17.5. The van der Waals surface area contributed by atoms with Gasteiger partial charge in [0.2, 0.25) is 0 Å². The van der Waals surface area contributed by atoms with Gasteiger partial charge in [-0.25, -0.2) is 9.97 Å². The van der Waals surface area contributed by atoms with Crippen LogP contribution in [0.1, 0.15) is 11.3 Å². The van der Waals surface area contributed by atoms with Gasteiger partial charge >= 0.3 is 0 Å². The summed E-state index contributed by atoms with van der Waals surface area (Å²) < 4.78 is 0. The minimum absolute atomic E-state index is 0.630. The zero-order valence-corrected chi connectivity index (χ0v) is 14.1. The maximum absolute atomic E-state index is 9.53. The maximum atomic E-state index is 9.53. The van der Waals surface area contributed by atoms with Crippen molar-refractivity contribution in [2.24, 2.45) is 0 Å². The number of nitriles is 1. The van der Waals surface area contributed by atoms with Crippen LogP contribution in [0, 0.1) is 18.3 Å². The molecule has 1 saturated heterocycles. The third kappa shape index (κ3) is 2.85. The second-order valence-electron chi connectivity index (χ2n) is 6.14. The van der Waals surface area contributed by atoms with Gasteiger partial charge in [0.15, 0.2) is 0 Å². The Morgan fingerprint density at radius 2 is 1.76 bits per heavy atom. The van der Waals surface area contributed by atoms with Gasteiger partial charge in [-0.3, -0.25) is 4.98 Å². The number of anilines is 2. The largest absolute Gasteiger partial charge is 0.366 e. The van der Waals surface area contributed by atoms with Crippen molar-refractivity contribution in [3.8, 4) is 6.07 Å². The van der Waals surface area contributed by atoms with Crippen molar-refractivity contribution in [2.45, 2.75) is 6.92 Å². The summed E-state index contributed by atoms with van der Waals surface area (Å²) in [6, 6.07) is 12.3. The molecule has 6 nitrogen and oxygen atoms in total. The Morgan fingerprint density at radius 1 is 1.00 bits per heavy atom. The lowest BCUT2D eigenvalue weighted by Gasteiger charge is -2.37. The molecule has 3 aromatic rings. The molecule has 0 N–H and O–H groups in total. The fourth-order valence-electron chi connectivity index (χ4n) is 3.32. The zero-order valence-electron chi connectivity index (χ0n) is 14.1. The summed E-state index contributed by atoms with van der Waals surface area (Å²) >= 11 is 0. The number of aromatic nitrogens is 3. The molecule has 0 bridgehead atoms. The van der Waals surface area contributed by atoms with Gasteiger partial charge < -0.3 is 9.80 Å². The molecule has 1 aliphatic rings. The molecule has 1 aliphatic heterocycles. The first-order valence-corrected chi connectivity index (χ1v) is 8.32. The fourth-order valence-corrected chi connectivity index (χ4v) is 3.32. The Morgan fingerprint density at radius 3 is 2.52 bits per heavy atom. The molecule has 1 aromatic carbocycles. The second-order valence-corrected chi connectivity index (χ2v) is 6.14. The summed E-state index contributed by atoms with van der Waals surface area (Å²) in [6.07, 6.45) is 3.29. The minimum Gasteiger partial charge on any atom is -0.366 e. The molecular weight excluding hydrogens is 312 g/mol. The van der Waals surface area contributed by atoms with Crippen LogP contribution in [0.5, 0.6) is 0 Å². The van der Waals surface area contributed by atoms with Crippen LogP contribution in [0.25, 0.3) is 10.9 Å². The first-order valence-electron chi connectivity index (χ1n) is 8.32. The average molecular weight is 330 g/mol. The third-order valence-corrected chi connectivity index (χ3v) is 4.58. The smallest absolute Gasteiger partial charge is 0.132 e. The first kappa shape index (κ1) is 15.3. The molecule has 1 fully saturated rings. The van der Waals surface area contributed by atoms with Crippen LogP contribution in [0.15, 0.2) is 42.9 Å². The molecule has 0 spiro atoms. The van der Waals surface area contributed by atoms with Gasteiger partial charge in [0.25, 0.3) is 0 Å². The molecule has 0 saturated carbocycles. The second kappa shape index (κ2) is 6.36. The number of benzene rings is 1. The van der Waals surface area contributed by atoms with E-state index in [0.29, 0.717) is 5.56 Å². The Hall–Kier alpha value is -3.20. The van der Waals surface area contributed by atoms with Crippen molar-refractivity contribution < 1.29 is 0 Å². The molecule has 0 aliphatic carbocycles. The number of para-hydroxylation sites is 1. The SMILES string of the molecule is Cc1cc(N2CCN(c3c(C#N)cnc4ccccc34)CC2)ncn1. The lowest BCUT2D eigenvalue weighted by Crippen LogP contribution is -2.47. The Labute approximate surface area is 146 Å². The van der Waals surface area contributed by atoms with Crippen molar-refractivity contribution >= 4 is 22.4 Å². The molecule has 124 valence electrons. The van der Waals surface area contributed by atoms with Gasteiger partial charge in [-0.1, -0.05) is 18.2 Å². The van der Waals surface area contributed by atoms with Crippen LogP contribution in [-0.2, 0) is 0 Å². The number of hydrogen-bond donors (Lipinski definition) is 0. The molecule has 0 radical (unpaired) electrons. The van der Waals surface area contributed by atoms with Gasteiger partial charge in [0.05, 0.1) is 16.8 Å². The van der Waals surface area contributed by atoms with Crippen molar-refractivity contribution in [3.05, 3.63) is 54.1 Å². The summed E-state index contributed by atoms with van der Waals surface area (Å²) in [6.45, 7) is 5.37. The number of aryl methyl sites for hydroxylation is 1. The monoisotopic (exact) mass is 330 g/mol. The summed E-state index contributed by atoms with van der Waals surface area (Å²) in [5.41, 5.74) is 3.52. The fraction of sp³-hybridized carbons (Fsp3) is 0.263. The van der Waals surface area contributed by atoms with E-state index in [4.69, 9.17) is 0 Å². The van der Waals surface area contributed by atoms with Gasteiger partial charge in [0.1, 0.15) is 18.2 Å². The van der Waals surface area contributed by atoms with E-state index in [1.807, 2.05) is 37.3 Å². The van der Waals surface area contributed by atoms with Gasteiger partial charge in [-0.05, 0) is 13.0 Å². The average Bonchev–Trinajstić information content (AvgIpc) is 2.67. The highest BCUT2D eigenvalue weighted by molar-refractivity contribution is 5.94. The summed E-state index contributed by atoms with van der Waals surface area (Å²) in [5, 5.41) is 10.6. The van der Waals surface area contributed by atoms with Crippen LogP contribution in [-0.4, -0.2) is 41.1 Å². The van der Waals surface area contributed by atoms with Crippen molar-refractivity contribution in [2.75, 3.05) is 36.0 Å². The van der Waals surface area contributed by atoms with E-state index in [-0.39, 0.29) is 0 Å². The summed E-state index contributed by atoms with van der Waals surface area (Å²) in [7, 11) is 0. The van der Waals surface area contributed by atoms with E-state index in [0.717, 1.165) is 54.3 Å². The number of piperazine rings is 1. The van der Waals surface area contributed by atoms with E-state index in [9.17, 15) is 5.26 Å². The predicted octanol–water partition coefficient (Wildman–Crippen LogP) is 2.53. The van der Waals surface area contributed by atoms with E-state index < -0.39 is 0 Å². The normalized spacial score (nSPS) is 14.6. The molecule has 0 amide bonds. The highest BCUT2D eigenvalue weighted by Crippen LogP contribution is 2.30. The van der Waals surface area contributed by atoms with Gasteiger partial charge in [-0.2, -0.15) is 5.26 Å². The van der Waals surface area contributed by atoms with Crippen LogP contribution in [0.2, 0.25) is 0 Å². The van der Waals surface area contributed by atoms with Crippen LogP contribution in [0.3, 0.4) is 0 Å². The van der Waals surface area contributed by atoms with Crippen molar-refractivity contribution in [1.82, 2.24) is 15.0 Å². The lowest BCUT2D eigenvalue weighted by molar-refractivity contribution is 0.647. The van der Waals surface area contributed by atoms with Gasteiger partial charge in [-0.15, -0.1) is 0 Å². The number of rotatable bonds is 2. The molecule has 3 heterocycles. The van der Waals surface area contributed by atoms with Crippen molar-refractivity contribution in [1.29, 1.82) is 5.26 Å². The Bertz CT molecular complexity index is 954. The maximum Gasteiger partial charge on any atom is 0.132 e. The minimum atomic E-state index is 0.630. The molecule has 0 atom stereocenters. The third-order valence-electron chi connectivity index (χ3n) is 4.58.